The van der Waals surface area contributed by atoms with Crippen LogP contribution in [0.5, 0.6) is 5.75 Å². The number of aromatic nitrogens is 1. The Morgan fingerprint density at radius 1 is 1.15 bits per heavy atom. The van der Waals surface area contributed by atoms with Gasteiger partial charge in [-0.2, -0.15) is 0 Å². The minimum atomic E-state index is -0.101. The molecule has 0 unspecified atom stereocenters. The molecule has 0 saturated carbocycles. The summed E-state index contributed by atoms with van der Waals surface area (Å²) in [5, 5.41) is 10.7. The molecule has 0 aliphatic carbocycles. The molecule has 0 atom stereocenters. The highest BCUT2D eigenvalue weighted by atomic mass is 35.5. The minimum Gasteiger partial charge on any atom is -0.484 e. The summed E-state index contributed by atoms with van der Waals surface area (Å²) in [7, 11) is 0. The molecule has 3 aromatic rings. The summed E-state index contributed by atoms with van der Waals surface area (Å²) >= 11 is 7.69. The van der Waals surface area contributed by atoms with Crippen LogP contribution in [0, 0.1) is 0 Å². The van der Waals surface area contributed by atoms with Crippen molar-refractivity contribution in [3.05, 3.63) is 58.1 Å². The van der Waals surface area contributed by atoms with E-state index in [-0.39, 0.29) is 6.61 Å². The van der Waals surface area contributed by atoms with E-state index in [0.29, 0.717) is 22.9 Å². The van der Waals surface area contributed by atoms with E-state index < -0.39 is 0 Å². The number of hydrogen-bond donors (Lipinski definition) is 1. The van der Waals surface area contributed by atoms with Gasteiger partial charge >= 0.3 is 0 Å². The lowest BCUT2D eigenvalue weighted by Gasteiger charge is -2.10. The van der Waals surface area contributed by atoms with Gasteiger partial charge in [-0.3, -0.25) is 0 Å². The third-order valence-electron chi connectivity index (χ3n) is 2.90. The van der Waals surface area contributed by atoms with Gasteiger partial charge in [0.2, 0.25) is 0 Å². The zero-order valence-electron chi connectivity index (χ0n) is 10.5. The molecule has 0 aliphatic rings. The Bertz CT molecular complexity index is 709. The first-order valence-electron chi connectivity index (χ1n) is 6.13. The van der Waals surface area contributed by atoms with Crippen LogP contribution in [0.2, 0.25) is 5.02 Å². The lowest BCUT2D eigenvalue weighted by atomic mass is 10.2. The van der Waals surface area contributed by atoms with E-state index in [1.54, 1.807) is 29.5 Å². The third-order valence-corrected chi connectivity index (χ3v) is 4.20. The van der Waals surface area contributed by atoms with Crippen LogP contribution in [-0.4, -0.2) is 10.1 Å². The highest BCUT2D eigenvalue weighted by Gasteiger charge is 2.10. The number of benzene rings is 2. The zero-order valence-corrected chi connectivity index (χ0v) is 12.1. The first-order chi connectivity index (χ1) is 9.78. The SMILES string of the molecule is OCc1cccc(Cl)c1OCc1nc2ccccc2s1. The molecule has 1 aromatic heterocycles. The van der Waals surface area contributed by atoms with E-state index in [0.717, 1.165) is 15.2 Å². The molecule has 0 bridgehead atoms. The molecular weight excluding hydrogens is 294 g/mol. The maximum absolute atomic E-state index is 9.30. The number of para-hydroxylation sites is 2. The number of aliphatic hydroxyl groups is 1. The molecule has 0 radical (unpaired) electrons. The van der Waals surface area contributed by atoms with Crippen molar-refractivity contribution < 1.29 is 9.84 Å². The molecule has 0 aliphatic heterocycles. The average Bonchev–Trinajstić information content (AvgIpc) is 2.88. The standard InChI is InChI=1S/C15H12ClNO2S/c16-11-5-3-4-10(8-18)15(11)19-9-14-17-12-6-1-2-7-13(12)20-14/h1-7,18H,8-9H2. The molecule has 1 N–H and O–H groups in total. The number of nitrogens with zero attached hydrogens (tertiary/aromatic N) is 1. The largest absolute Gasteiger partial charge is 0.484 e. The van der Waals surface area contributed by atoms with Crippen molar-refractivity contribution in [1.29, 1.82) is 0 Å². The predicted octanol–water partition coefficient (Wildman–Crippen LogP) is 4.02. The summed E-state index contributed by atoms with van der Waals surface area (Å²) in [6.45, 7) is 0.242. The molecule has 102 valence electrons. The molecule has 1 heterocycles. The van der Waals surface area contributed by atoms with Crippen molar-refractivity contribution in [2.75, 3.05) is 0 Å². The molecule has 5 heteroatoms. The summed E-state index contributed by atoms with van der Waals surface area (Å²) in [6.07, 6.45) is 0. The van der Waals surface area contributed by atoms with Gasteiger partial charge in [-0.25, -0.2) is 4.98 Å². The molecule has 20 heavy (non-hydrogen) atoms. The first-order valence-corrected chi connectivity index (χ1v) is 7.33. The minimum absolute atomic E-state index is 0.101. The van der Waals surface area contributed by atoms with Crippen LogP contribution in [0.15, 0.2) is 42.5 Å². The van der Waals surface area contributed by atoms with Gasteiger partial charge in [0, 0.05) is 5.56 Å². The van der Waals surface area contributed by atoms with Gasteiger partial charge in [0.25, 0.3) is 0 Å². The Morgan fingerprint density at radius 2 is 2.00 bits per heavy atom. The fraction of sp³-hybridized carbons (Fsp3) is 0.133. The van der Waals surface area contributed by atoms with E-state index in [1.165, 1.54) is 0 Å². The van der Waals surface area contributed by atoms with Crippen molar-refractivity contribution in [2.45, 2.75) is 13.2 Å². The summed E-state index contributed by atoms with van der Waals surface area (Å²) in [4.78, 5) is 4.50. The first kappa shape index (κ1) is 13.4. The summed E-state index contributed by atoms with van der Waals surface area (Å²) in [5.74, 6) is 0.524. The van der Waals surface area contributed by atoms with Gasteiger partial charge in [-0.05, 0) is 18.2 Å². The number of halogens is 1. The molecule has 0 fully saturated rings. The summed E-state index contributed by atoms with van der Waals surface area (Å²) < 4.78 is 6.86. The quantitative estimate of drug-likeness (QED) is 0.791. The maximum atomic E-state index is 9.30. The van der Waals surface area contributed by atoms with Gasteiger partial charge in [-0.15, -0.1) is 11.3 Å². The Hall–Kier alpha value is -1.62. The van der Waals surface area contributed by atoms with Crippen molar-refractivity contribution in [2.24, 2.45) is 0 Å². The fourth-order valence-corrected chi connectivity index (χ4v) is 3.08. The zero-order chi connectivity index (χ0) is 13.9. The molecule has 3 rings (SSSR count). The highest BCUT2D eigenvalue weighted by molar-refractivity contribution is 7.18. The molecule has 0 spiro atoms. The van der Waals surface area contributed by atoms with Crippen LogP contribution in [0.1, 0.15) is 10.6 Å². The van der Waals surface area contributed by atoms with E-state index in [1.807, 2.05) is 24.3 Å². The smallest absolute Gasteiger partial charge is 0.144 e. The van der Waals surface area contributed by atoms with Crippen LogP contribution in [0.4, 0.5) is 0 Å². The second-order valence-corrected chi connectivity index (χ2v) is 5.77. The van der Waals surface area contributed by atoms with Gasteiger partial charge in [0.1, 0.15) is 17.4 Å². The number of ether oxygens (including phenoxy) is 1. The Morgan fingerprint density at radius 3 is 2.80 bits per heavy atom. The topological polar surface area (TPSA) is 42.4 Å². The molecule has 3 nitrogen and oxygen atoms in total. The normalized spacial score (nSPS) is 10.9. The third kappa shape index (κ3) is 2.63. The van der Waals surface area contributed by atoms with E-state index >= 15 is 0 Å². The maximum Gasteiger partial charge on any atom is 0.144 e. The van der Waals surface area contributed by atoms with Crippen LogP contribution < -0.4 is 4.74 Å². The molecule has 0 saturated heterocycles. The van der Waals surface area contributed by atoms with E-state index in [4.69, 9.17) is 16.3 Å². The Labute approximate surface area is 125 Å². The highest BCUT2D eigenvalue weighted by Crippen LogP contribution is 2.30. The van der Waals surface area contributed by atoms with Crippen LogP contribution in [-0.2, 0) is 13.2 Å². The van der Waals surface area contributed by atoms with E-state index in [2.05, 4.69) is 4.98 Å². The number of fused-ring (bicyclic) bond motifs is 1. The molecule has 2 aromatic carbocycles. The van der Waals surface area contributed by atoms with Gasteiger partial charge in [0.05, 0.1) is 21.8 Å². The van der Waals surface area contributed by atoms with Gasteiger partial charge < -0.3 is 9.84 Å². The van der Waals surface area contributed by atoms with Crippen molar-refractivity contribution >= 4 is 33.2 Å². The number of thiazole rings is 1. The lowest BCUT2D eigenvalue weighted by Crippen LogP contribution is -1.99. The Kier molecular flexibility index (Phi) is 3.87. The molecular formula is C15H12ClNO2S. The number of aliphatic hydroxyl groups excluding tert-OH is 1. The van der Waals surface area contributed by atoms with Crippen LogP contribution in [0.25, 0.3) is 10.2 Å². The monoisotopic (exact) mass is 305 g/mol. The van der Waals surface area contributed by atoms with Crippen molar-refractivity contribution in [1.82, 2.24) is 4.98 Å². The predicted molar refractivity (Wildman–Crippen MR) is 81.3 cm³/mol. The van der Waals surface area contributed by atoms with Crippen molar-refractivity contribution in [3.8, 4) is 5.75 Å². The average molecular weight is 306 g/mol. The van der Waals surface area contributed by atoms with E-state index in [9.17, 15) is 5.11 Å². The number of rotatable bonds is 4. The van der Waals surface area contributed by atoms with Gasteiger partial charge in [-0.1, -0.05) is 35.9 Å². The van der Waals surface area contributed by atoms with Crippen LogP contribution in [0.3, 0.4) is 0 Å². The number of hydrogen-bond acceptors (Lipinski definition) is 4. The van der Waals surface area contributed by atoms with Gasteiger partial charge in [0.15, 0.2) is 0 Å². The van der Waals surface area contributed by atoms with Crippen LogP contribution >= 0.6 is 22.9 Å². The second-order valence-electron chi connectivity index (χ2n) is 4.25. The summed E-state index contributed by atoms with van der Waals surface area (Å²) in [5.41, 5.74) is 1.65. The summed E-state index contributed by atoms with van der Waals surface area (Å²) in [6, 6.07) is 13.3. The van der Waals surface area contributed by atoms with Crippen molar-refractivity contribution in [3.63, 3.8) is 0 Å². The lowest BCUT2D eigenvalue weighted by molar-refractivity contribution is 0.259. The molecule has 0 amide bonds. The fourth-order valence-electron chi connectivity index (χ4n) is 1.96. The second kappa shape index (κ2) is 5.79. The Balaban J connectivity index is 1.82.